The summed E-state index contributed by atoms with van der Waals surface area (Å²) in [6, 6.07) is 3.74. The molecule has 1 saturated carbocycles. The van der Waals surface area contributed by atoms with Crippen molar-refractivity contribution in [1.29, 1.82) is 0 Å². The molecular weight excluding hydrogens is 330 g/mol. The van der Waals surface area contributed by atoms with E-state index in [2.05, 4.69) is 14.1 Å². The Morgan fingerprint density at radius 3 is 2.90 bits per heavy atom. The molecule has 0 aliphatic heterocycles. The fourth-order valence-corrected chi connectivity index (χ4v) is 4.76. The van der Waals surface area contributed by atoms with Gasteiger partial charge in [0.2, 0.25) is 0 Å². The minimum atomic E-state index is -2.99. The lowest BCUT2D eigenvalue weighted by molar-refractivity contribution is 0.453. The zero-order valence-corrected chi connectivity index (χ0v) is 13.9. The lowest BCUT2D eigenvalue weighted by Gasteiger charge is -2.29. The molecule has 1 fully saturated rings. The van der Waals surface area contributed by atoms with Crippen molar-refractivity contribution in [3.8, 4) is 0 Å². The van der Waals surface area contributed by atoms with Gasteiger partial charge in [0, 0.05) is 12.3 Å². The van der Waals surface area contributed by atoms with Gasteiger partial charge in [-0.05, 0) is 31.4 Å². The molecule has 0 bridgehead atoms. The summed E-state index contributed by atoms with van der Waals surface area (Å²) in [4.78, 5) is 0. The van der Waals surface area contributed by atoms with Crippen LogP contribution < -0.4 is 5.32 Å². The SMILES string of the molecule is CS(=O)(=O)C1CCCC(Nc2c(Cl)ccc3nsnc23)C1. The summed E-state index contributed by atoms with van der Waals surface area (Å²) in [5, 5.41) is 3.71. The lowest BCUT2D eigenvalue weighted by atomic mass is 9.94. The molecule has 1 aliphatic rings. The molecule has 21 heavy (non-hydrogen) atoms. The zero-order chi connectivity index (χ0) is 15.0. The number of aromatic nitrogens is 2. The van der Waals surface area contributed by atoms with Gasteiger partial charge in [-0.2, -0.15) is 8.75 Å². The Bertz CT molecular complexity index is 760. The second-order valence-corrected chi connectivity index (χ2v) is 8.78. The summed E-state index contributed by atoms with van der Waals surface area (Å²) in [5.41, 5.74) is 2.33. The van der Waals surface area contributed by atoms with E-state index in [9.17, 15) is 8.42 Å². The second-order valence-electron chi connectivity index (χ2n) is 5.51. The van der Waals surface area contributed by atoms with Gasteiger partial charge in [-0.1, -0.05) is 18.0 Å². The van der Waals surface area contributed by atoms with Crippen molar-refractivity contribution < 1.29 is 8.42 Å². The van der Waals surface area contributed by atoms with E-state index in [1.807, 2.05) is 6.07 Å². The molecule has 8 heteroatoms. The van der Waals surface area contributed by atoms with Gasteiger partial charge in [-0.3, -0.25) is 0 Å². The average Bonchev–Trinajstić information content (AvgIpc) is 2.90. The Kier molecular flexibility index (Phi) is 4.07. The van der Waals surface area contributed by atoms with Crippen molar-refractivity contribution in [2.75, 3.05) is 11.6 Å². The van der Waals surface area contributed by atoms with E-state index >= 15 is 0 Å². The summed E-state index contributed by atoms with van der Waals surface area (Å²) in [6.45, 7) is 0. The van der Waals surface area contributed by atoms with Crippen LogP contribution in [0.5, 0.6) is 0 Å². The van der Waals surface area contributed by atoms with Gasteiger partial charge in [-0.15, -0.1) is 0 Å². The fraction of sp³-hybridized carbons (Fsp3) is 0.538. The van der Waals surface area contributed by atoms with Crippen LogP contribution in [0.15, 0.2) is 12.1 Å². The molecule has 1 aromatic carbocycles. The van der Waals surface area contributed by atoms with Gasteiger partial charge in [0.25, 0.3) is 0 Å². The summed E-state index contributed by atoms with van der Waals surface area (Å²) in [6.07, 6.45) is 4.52. The summed E-state index contributed by atoms with van der Waals surface area (Å²) >= 11 is 7.41. The van der Waals surface area contributed by atoms with Crippen LogP contribution in [0.25, 0.3) is 11.0 Å². The maximum absolute atomic E-state index is 11.7. The van der Waals surface area contributed by atoms with Crippen LogP contribution in [0.1, 0.15) is 25.7 Å². The van der Waals surface area contributed by atoms with Crippen molar-refractivity contribution in [1.82, 2.24) is 8.75 Å². The Labute approximate surface area is 133 Å². The standard InChI is InChI=1S/C13H16ClN3O2S2/c1-21(18,19)9-4-2-3-8(7-9)15-12-10(14)5-6-11-13(12)17-20-16-11/h5-6,8-9,15H,2-4,7H2,1H3. The number of benzene rings is 1. The van der Waals surface area contributed by atoms with E-state index in [4.69, 9.17) is 11.6 Å². The van der Waals surface area contributed by atoms with E-state index < -0.39 is 9.84 Å². The Balaban J connectivity index is 1.85. The highest BCUT2D eigenvalue weighted by atomic mass is 35.5. The Morgan fingerprint density at radius 2 is 2.14 bits per heavy atom. The number of nitrogens with zero attached hydrogens (tertiary/aromatic N) is 2. The highest BCUT2D eigenvalue weighted by molar-refractivity contribution is 7.91. The van der Waals surface area contributed by atoms with E-state index in [-0.39, 0.29) is 11.3 Å². The topological polar surface area (TPSA) is 72.0 Å². The van der Waals surface area contributed by atoms with Gasteiger partial charge >= 0.3 is 0 Å². The van der Waals surface area contributed by atoms with Gasteiger partial charge in [0.1, 0.15) is 20.9 Å². The minimum absolute atomic E-state index is 0.100. The Morgan fingerprint density at radius 1 is 1.33 bits per heavy atom. The predicted octanol–water partition coefficient (Wildman–Crippen LogP) is 3.11. The zero-order valence-electron chi connectivity index (χ0n) is 11.5. The number of sulfone groups is 1. The van der Waals surface area contributed by atoms with Crippen molar-refractivity contribution in [2.24, 2.45) is 0 Å². The molecule has 0 radical (unpaired) electrons. The van der Waals surface area contributed by atoms with Crippen LogP contribution in [0, 0.1) is 0 Å². The van der Waals surface area contributed by atoms with Gasteiger partial charge in [0.05, 0.1) is 27.7 Å². The second kappa shape index (κ2) is 5.70. The quantitative estimate of drug-likeness (QED) is 0.925. The first-order chi connectivity index (χ1) is 9.95. The third kappa shape index (κ3) is 3.14. The van der Waals surface area contributed by atoms with Crippen LogP contribution in [-0.4, -0.2) is 34.7 Å². The van der Waals surface area contributed by atoms with Crippen molar-refractivity contribution in [3.63, 3.8) is 0 Å². The molecule has 0 saturated heterocycles. The molecule has 2 unspecified atom stereocenters. The van der Waals surface area contributed by atoms with Crippen molar-refractivity contribution in [2.45, 2.75) is 37.0 Å². The van der Waals surface area contributed by atoms with Crippen molar-refractivity contribution in [3.05, 3.63) is 17.2 Å². The van der Waals surface area contributed by atoms with Crippen LogP contribution >= 0.6 is 23.3 Å². The van der Waals surface area contributed by atoms with Crippen molar-refractivity contribution >= 4 is 49.9 Å². The molecule has 3 rings (SSSR count). The molecule has 1 N–H and O–H groups in total. The largest absolute Gasteiger partial charge is 0.379 e. The van der Waals surface area contributed by atoms with Gasteiger partial charge in [0.15, 0.2) is 0 Å². The molecule has 1 aromatic heterocycles. The van der Waals surface area contributed by atoms with E-state index in [1.54, 1.807) is 6.07 Å². The summed E-state index contributed by atoms with van der Waals surface area (Å²) < 4.78 is 32.0. The third-order valence-corrected chi connectivity index (χ3v) is 6.45. The van der Waals surface area contributed by atoms with Crippen LogP contribution in [-0.2, 0) is 9.84 Å². The predicted molar refractivity (Wildman–Crippen MR) is 86.9 cm³/mol. The molecule has 0 spiro atoms. The Hall–Kier alpha value is -0.920. The molecule has 1 heterocycles. The number of rotatable bonds is 3. The number of fused-ring (bicyclic) bond motifs is 1. The molecule has 2 atom stereocenters. The number of halogens is 1. The van der Waals surface area contributed by atoms with Crippen LogP contribution in [0.2, 0.25) is 5.02 Å². The fourth-order valence-electron chi connectivity index (χ4n) is 2.83. The monoisotopic (exact) mass is 345 g/mol. The van der Waals surface area contributed by atoms with E-state index in [1.165, 1.54) is 6.26 Å². The highest BCUT2D eigenvalue weighted by Gasteiger charge is 2.29. The summed E-state index contributed by atoms with van der Waals surface area (Å²) in [5.74, 6) is 0. The molecule has 2 aromatic rings. The maximum Gasteiger partial charge on any atom is 0.150 e. The molecule has 114 valence electrons. The van der Waals surface area contributed by atoms with Gasteiger partial charge in [-0.25, -0.2) is 8.42 Å². The molecular formula is C13H16ClN3O2S2. The normalized spacial score (nSPS) is 23.3. The average molecular weight is 346 g/mol. The number of nitrogens with one attached hydrogen (secondary N) is 1. The molecule has 0 amide bonds. The third-order valence-electron chi connectivity index (χ3n) is 3.96. The molecule has 5 nitrogen and oxygen atoms in total. The number of hydrogen-bond acceptors (Lipinski definition) is 6. The van der Waals surface area contributed by atoms with Crippen LogP contribution in [0.4, 0.5) is 5.69 Å². The first kappa shape index (κ1) is 15.0. The van der Waals surface area contributed by atoms with Crippen LogP contribution in [0.3, 0.4) is 0 Å². The minimum Gasteiger partial charge on any atom is -0.379 e. The maximum atomic E-state index is 11.7. The highest BCUT2D eigenvalue weighted by Crippen LogP contribution is 2.33. The first-order valence-electron chi connectivity index (χ1n) is 6.81. The molecule has 1 aliphatic carbocycles. The first-order valence-corrected chi connectivity index (χ1v) is 9.87. The lowest BCUT2D eigenvalue weighted by Crippen LogP contribution is -2.34. The van der Waals surface area contributed by atoms with E-state index in [0.29, 0.717) is 11.4 Å². The van der Waals surface area contributed by atoms with Gasteiger partial charge < -0.3 is 5.32 Å². The number of anilines is 1. The van der Waals surface area contributed by atoms with E-state index in [0.717, 1.165) is 47.7 Å². The smallest absolute Gasteiger partial charge is 0.150 e. The number of hydrogen-bond donors (Lipinski definition) is 1. The summed E-state index contributed by atoms with van der Waals surface area (Å²) in [7, 11) is -2.99.